The van der Waals surface area contributed by atoms with Gasteiger partial charge in [0.05, 0.1) is 40.7 Å². The number of nitrogens with zero attached hydrogens (tertiary/aromatic N) is 1. The summed E-state index contributed by atoms with van der Waals surface area (Å²) in [4.78, 5) is 14.2. The van der Waals surface area contributed by atoms with Crippen molar-refractivity contribution in [3.05, 3.63) is 51.6 Å². The maximum absolute atomic E-state index is 12.7. The molecule has 0 unspecified atom stereocenters. The molecule has 31 heavy (non-hydrogen) atoms. The first-order chi connectivity index (χ1) is 15.0. The van der Waals surface area contributed by atoms with Gasteiger partial charge in [0.15, 0.2) is 23.0 Å². The molecule has 1 amide bonds. The van der Waals surface area contributed by atoms with Crippen molar-refractivity contribution in [2.75, 3.05) is 35.0 Å². The highest BCUT2D eigenvalue weighted by Gasteiger charge is 2.26. The van der Waals surface area contributed by atoms with Gasteiger partial charge in [0.25, 0.3) is 0 Å². The van der Waals surface area contributed by atoms with Gasteiger partial charge in [-0.15, -0.1) is 0 Å². The van der Waals surface area contributed by atoms with Crippen molar-refractivity contribution in [3.63, 3.8) is 0 Å². The lowest BCUT2D eigenvalue weighted by Crippen LogP contribution is -2.27. The molecule has 2 aromatic rings. The van der Waals surface area contributed by atoms with E-state index in [0.717, 1.165) is 21.2 Å². The summed E-state index contributed by atoms with van der Waals surface area (Å²) in [5, 5.41) is 0. The average Bonchev–Trinajstić information content (AvgIpc) is 2.79. The van der Waals surface area contributed by atoms with Crippen LogP contribution in [-0.2, 0) is 4.74 Å². The number of ether oxygens (including phenoxy) is 5. The fraction of sp³-hybridized carbons (Fsp3) is 0.261. The molecule has 7 nitrogen and oxygen atoms in total. The molecule has 0 bridgehead atoms. The van der Waals surface area contributed by atoms with E-state index in [9.17, 15) is 4.79 Å². The van der Waals surface area contributed by atoms with Crippen LogP contribution in [0.5, 0.6) is 23.0 Å². The molecular weight excluding hydrogens is 466 g/mol. The monoisotopic (exact) mass is 489 g/mol. The first kappa shape index (κ1) is 22.6. The van der Waals surface area contributed by atoms with E-state index in [1.165, 1.54) is 4.90 Å². The maximum atomic E-state index is 12.7. The fourth-order valence-electron chi connectivity index (χ4n) is 3.25. The molecule has 1 heterocycles. The normalized spacial score (nSPS) is 13.6. The third-order valence-electron chi connectivity index (χ3n) is 4.75. The molecule has 0 atom stereocenters. The number of amides is 1. The van der Waals surface area contributed by atoms with Gasteiger partial charge in [-0.3, -0.25) is 4.90 Å². The van der Waals surface area contributed by atoms with E-state index in [-0.39, 0.29) is 6.61 Å². The van der Waals surface area contributed by atoms with Gasteiger partial charge in [-0.2, -0.15) is 0 Å². The van der Waals surface area contributed by atoms with Crippen molar-refractivity contribution < 1.29 is 28.5 Å². The fourth-order valence-corrected chi connectivity index (χ4v) is 3.68. The molecule has 8 heteroatoms. The van der Waals surface area contributed by atoms with Gasteiger partial charge in [0.2, 0.25) is 0 Å². The molecular formula is C23H24BrNO6. The summed E-state index contributed by atoms with van der Waals surface area (Å²) >= 11 is 3.58. The minimum absolute atomic E-state index is 0.259. The number of halogens is 1. The molecule has 164 valence electrons. The topological polar surface area (TPSA) is 66.5 Å². The second-order valence-electron chi connectivity index (χ2n) is 6.44. The minimum Gasteiger partial charge on any atom is -0.493 e. The second kappa shape index (κ2) is 9.78. The molecule has 0 spiro atoms. The number of carbonyl (C=O) groups is 1. The third-order valence-corrected chi connectivity index (χ3v) is 5.44. The summed E-state index contributed by atoms with van der Waals surface area (Å²) in [6.45, 7) is 2.02. The zero-order valence-corrected chi connectivity index (χ0v) is 19.6. The first-order valence-electron chi connectivity index (χ1n) is 9.51. The Morgan fingerprint density at radius 2 is 1.52 bits per heavy atom. The molecule has 0 radical (unpaired) electrons. The van der Waals surface area contributed by atoms with Crippen LogP contribution in [0.1, 0.15) is 23.6 Å². The highest BCUT2D eigenvalue weighted by Crippen LogP contribution is 2.41. The number of hydrogen-bond donors (Lipinski definition) is 0. The van der Waals surface area contributed by atoms with Gasteiger partial charge in [0.1, 0.15) is 0 Å². The third kappa shape index (κ3) is 4.49. The predicted molar refractivity (Wildman–Crippen MR) is 123 cm³/mol. The Hall–Kier alpha value is -3.13. The zero-order valence-electron chi connectivity index (χ0n) is 18.0. The van der Waals surface area contributed by atoms with E-state index < -0.39 is 6.09 Å². The van der Waals surface area contributed by atoms with Gasteiger partial charge >= 0.3 is 6.09 Å². The van der Waals surface area contributed by atoms with Crippen molar-refractivity contribution in [3.8, 4) is 23.0 Å². The summed E-state index contributed by atoms with van der Waals surface area (Å²) in [5.41, 5.74) is 3.07. The molecule has 0 saturated heterocycles. The minimum atomic E-state index is -0.484. The Morgan fingerprint density at radius 1 is 0.935 bits per heavy atom. The lowest BCUT2D eigenvalue weighted by molar-refractivity contribution is 0.135. The Kier molecular flexibility index (Phi) is 7.12. The van der Waals surface area contributed by atoms with Gasteiger partial charge in [-0.05, 0) is 54.5 Å². The van der Waals surface area contributed by atoms with E-state index >= 15 is 0 Å². The molecule has 2 aromatic carbocycles. The molecule has 3 rings (SSSR count). The molecule has 0 saturated carbocycles. The Morgan fingerprint density at radius 3 is 2.13 bits per heavy atom. The van der Waals surface area contributed by atoms with Crippen LogP contribution < -0.4 is 18.9 Å². The Labute approximate surface area is 189 Å². The molecule has 1 aliphatic heterocycles. The number of methoxy groups -OCH3 is 4. The van der Waals surface area contributed by atoms with Crippen LogP contribution >= 0.6 is 15.9 Å². The summed E-state index contributed by atoms with van der Waals surface area (Å²) in [6, 6.07) is 7.35. The van der Waals surface area contributed by atoms with Crippen molar-refractivity contribution in [1.29, 1.82) is 0 Å². The van der Waals surface area contributed by atoms with Gasteiger partial charge in [0, 0.05) is 16.2 Å². The standard InChI is InChI=1S/C23H24BrNO6/c1-6-31-23(26)25-8-7-14-10-19(27-2)21(29-4)12-16(14)18(25)9-15-11-20(28-3)22(30-5)13-17(15)24/h7-13H,6H2,1-5H3/b18-9+. The second-order valence-corrected chi connectivity index (χ2v) is 7.29. The lowest BCUT2D eigenvalue weighted by Gasteiger charge is -2.27. The Balaban J connectivity index is 2.23. The quantitative estimate of drug-likeness (QED) is 0.539. The van der Waals surface area contributed by atoms with Crippen LogP contribution in [0.25, 0.3) is 17.8 Å². The molecule has 0 fully saturated rings. The SMILES string of the molecule is CCOC(=O)N1C=Cc2cc(OC)c(OC)cc2/C1=C\c1cc(OC)c(OC)cc1Br. The number of carbonyl (C=O) groups excluding carboxylic acids is 1. The number of rotatable bonds is 6. The van der Waals surface area contributed by atoms with E-state index in [1.807, 2.05) is 36.4 Å². The van der Waals surface area contributed by atoms with E-state index in [2.05, 4.69) is 15.9 Å². The average molecular weight is 490 g/mol. The van der Waals surface area contributed by atoms with Crippen molar-refractivity contribution >= 4 is 39.9 Å². The number of hydrogen-bond acceptors (Lipinski definition) is 6. The van der Waals surface area contributed by atoms with Gasteiger partial charge in [-0.25, -0.2) is 4.79 Å². The maximum Gasteiger partial charge on any atom is 0.418 e. The Bertz CT molecular complexity index is 1050. The lowest BCUT2D eigenvalue weighted by atomic mass is 9.98. The zero-order chi connectivity index (χ0) is 22.5. The highest BCUT2D eigenvalue weighted by atomic mass is 79.9. The smallest absolute Gasteiger partial charge is 0.418 e. The van der Waals surface area contributed by atoms with Crippen LogP contribution in [0, 0.1) is 0 Å². The van der Waals surface area contributed by atoms with Crippen molar-refractivity contribution in [2.45, 2.75) is 6.92 Å². The van der Waals surface area contributed by atoms with E-state index in [4.69, 9.17) is 23.7 Å². The van der Waals surface area contributed by atoms with E-state index in [0.29, 0.717) is 28.7 Å². The van der Waals surface area contributed by atoms with Crippen molar-refractivity contribution in [1.82, 2.24) is 4.90 Å². The van der Waals surface area contributed by atoms with Crippen LogP contribution in [0.15, 0.2) is 34.9 Å². The molecule has 0 aliphatic carbocycles. The molecule has 0 aromatic heterocycles. The van der Waals surface area contributed by atoms with Crippen LogP contribution in [0.4, 0.5) is 4.79 Å². The highest BCUT2D eigenvalue weighted by molar-refractivity contribution is 9.10. The number of benzene rings is 2. The summed E-state index contributed by atoms with van der Waals surface area (Å²) in [5.74, 6) is 2.31. The van der Waals surface area contributed by atoms with Crippen LogP contribution in [-0.4, -0.2) is 46.0 Å². The predicted octanol–water partition coefficient (Wildman–Crippen LogP) is 5.42. The van der Waals surface area contributed by atoms with Crippen LogP contribution in [0.2, 0.25) is 0 Å². The van der Waals surface area contributed by atoms with E-state index in [1.54, 1.807) is 41.6 Å². The number of fused-ring (bicyclic) bond motifs is 1. The summed E-state index contributed by atoms with van der Waals surface area (Å²) < 4.78 is 27.7. The largest absolute Gasteiger partial charge is 0.493 e. The van der Waals surface area contributed by atoms with Gasteiger partial charge < -0.3 is 23.7 Å². The first-order valence-corrected chi connectivity index (χ1v) is 10.3. The summed E-state index contributed by atoms with van der Waals surface area (Å²) in [6.07, 6.45) is 4.89. The molecule has 1 aliphatic rings. The summed E-state index contributed by atoms with van der Waals surface area (Å²) in [7, 11) is 6.30. The van der Waals surface area contributed by atoms with Crippen LogP contribution in [0.3, 0.4) is 0 Å². The molecule has 0 N–H and O–H groups in total. The van der Waals surface area contributed by atoms with Crippen molar-refractivity contribution in [2.24, 2.45) is 0 Å². The van der Waals surface area contributed by atoms with Gasteiger partial charge in [-0.1, -0.05) is 15.9 Å².